The van der Waals surface area contributed by atoms with Gasteiger partial charge in [-0.25, -0.2) is 9.97 Å². The van der Waals surface area contributed by atoms with Crippen molar-refractivity contribution in [1.29, 1.82) is 5.41 Å². The summed E-state index contributed by atoms with van der Waals surface area (Å²) < 4.78 is 22.5. The lowest BCUT2D eigenvalue weighted by Crippen LogP contribution is -2.25. The summed E-state index contributed by atoms with van der Waals surface area (Å²) in [6.45, 7) is 3.89. The fourth-order valence-corrected chi connectivity index (χ4v) is 3.88. The van der Waals surface area contributed by atoms with Crippen LogP contribution in [-0.2, 0) is 16.0 Å². The van der Waals surface area contributed by atoms with Crippen LogP contribution >= 0.6 is 0 Å². The Bertz CT molecular complexity index is 1530. The van der Waals surface area contributed by atoms with Gasteiger partial charge in [0.15, 0.2) is 23.0 Å². The second-order valence-corrected chi connectivity index (χ2v) is 8.75. The van der Waals surface area contributed by atoms with E-state index in [0.29, 0.717) is 40.8 Å². The summed E-state index contributed by atoms with van der Waals surface area (Å²) in [5, 5.41) is 14.0. The Kier molecular flexibility index (Phi) is 9.15. The molecule has 0 aliphatic carbocycles. The highest BCUT2D eigenvalue weighted by molar-refractivity contribution is 6.47. The number of aromatic nitrogens is 2. The van der Waals surface area contributed by atoms with Crippen molar-refractivity contribution in [2.75, 3.05) is 37.2 Å². The van der Waals surface area contributed by atoms with E-state index >= 15 is 0 Å². The van der Waals surface area contributed by atoms with E-state index in [1.165, 1.54) is 18.6 Å². The molecule has 0 spiro atoms. The van der Waals surface area contributed by atoms with E-state index in [4.69, 9.17) is 30.1 Å². The lowest BCUT2D eigenvalue weighted by Gasteiger charge is -2.15. The molecule has 212 valence electrons. The van der Waals surface area contributed by atoms with Crippen LogP contribution in [0.15, 0.2) is 71.5 Å². The third kappa shape index (κ3) is 7.18. The number of rotatable bonds is 11. The molecule has 1 aliphatic rings. The second kappa shape index (κ2) is 13.1. The SMILES string of the molecule is CCO/C(=C/Nc1cnc(N)nc1)C(=N)C(=O)Nc1ccc(OC2=CC=Nc3cc(OC)c(OC)cc3C2)c(C)c1. The smallest absolute Gasteiger partial charge is 0.277 e. The molecule has 1 amide bonds. The van der Waals surface area contributed by atoms with Crippen LogP contribution < -0.4 is 30.6 Å². The number of anilines is 3. The van der Waals surface area contributed by atoms with Gasteiger partial charge in [-0.05, 0) is 55.3 Å². The summed E-state index contributed by atoms with van der Waals surface area (Å²) in [5.41, 5.74) is 8.65. The monoisotopic (exact) mass is 557 g/mol. The normalized spacial score (nSPS) is 12.4. The topological polar surface area (TPSA) is 166 Å². The maximum absolute atomic E-state index is 12.9. The number of fused-ring (bicyclic) bond motifs is 1. The number of amides is 1. The van der Waals surface area contributed by atoms with Crippen LogP contribution in [0.4, 0.5) is 23.0 Å². The Morgan fingerprint density at radius 3 is 2.49 bits per heavy atom. The van der Waals surface area contributed by atoms with Crippen molar-refractivity contribution in [2.45, 2.75) is 20.3 Å². The van der Waals surface area contributed by atoms with Gasteiger partial charge in [-0.15, -0.1) is 0 Å². The molecule has 0 bridgehead atoms. The summed E-state index contributed by atoms with van der Waals surface area (Å²) in [7, 11) is 3.17. The number of benzene rings is 2. The molecular weight excluding hydrogens is 526 g/mol. The van der Waals surface area contributed by atoms with Crippen molar-refractivity contribution in [2.24, 2.45) is 4.99 Å². The van der Waals surface area contributed by atoms with Gasteiger partial charge in [0.05, 0.1) is 44.6 Å². The molecular formula is C29H31N7O5. The van der Waals surface area contributed by atoms with Crippen LogP contribution in [0.3, 0.4) is 0 Å². The molecule has 0 saturated carbocycles. The molecule has 12 nitrogen and oxygen atoms in total. The number of nitrogens with zero attached hydrogens (tertiary/aromatic N) is 3. The van der Waals surface area contributed by atoms with Gasteiger partial charge in [0, 0.05) is 30.6 Å². The number of hydrogen-bond acceptors (Lipinski definition) is 11. The Hall–Kier alpha value is -5.39. The third-order valence-corrected chi connectivity index (χ3v) is 5.91. The van der Waals surface area contributed by atoms with Gasteiger partial charge in [-0.2, -0.15) is 0 Å². The van der Waals surface area contributed by atoms with Crippen LogP contribution in [0.1, 0.15) is 18.1 Å². The largest absolute Gasteiger partial charge is 0.493 e. The Balaban J connectivity index is 1.42. The minimum Gasteiger partial charge on any atom is -0.493 e. The number of hydrogen-bond donors (Lipinski definition) is 4. The number of carbonyl (C=O) groups excluding carboxylic acids is 1. The molecule has 3 aromatic rings. The fourth-order valence-electron chi connectivity index (χ4n) is 3.88. The van der Waals surface area contributed by atoms with Gasteiger partial charge in [0.2, 0.25) is 5.95 Å². The van der Waals surface area contributed by atoms with Crippen LogP contribution in [0.25, 0.3) is 0 Å². The quantitative estimate of drug-likeness (QED) is 0.195. The highest BCUT2D eigenvalue weighted by Crippen LogP contribution is 2.37. The molecule has 2 heterocycles. The maximum Gasteiger partial charge on any atom is 0.277 e. The lowest BCUT2D eigenvalue weighted by atomic mass is 10.1. The molecule has 41 heavy (non-hydrogen) atoms. The van der Waals surface area contributed by atoms with E-state index in [1.54, 1.807) is 45.6 Å². The zero-order valence-electron chi connectivity index (χ0n) is 23.1. The molecule has 4 rings (SSSR count). The first kappa shape index (κ1) is 28.6. The van der Waals surface area contributed by atoms with Crippen molar-refractivity contribution < 1.29 is 23.7 Å². The van der Waals surface area contributed by atoms with Gasteiger partial charge in [0.25, 0.3) is 5.91 Å². The maximum atomic E-state index is 12.9. The average molecular weight is 558 g/mol. The number of nitrogen functional groups attached to an aromatic ring is 1. The number of nitrogens with two attached hydrogens (primary N) is 1. The van der Waals surface area contributed by atoms with Crippen LogP contribution in [0.5, 0.6) is 17.2 Å². The molecule has 0 atom stereocenters. The first-order valence-electron chi connectivity index (χ1n) is 12.6. The van der Waals surface area contributed by atoms with Crippen LogP contribution in [0, 0.1) is 12.3 Å². The number of carbonyl (C=O) groups is 1. The van der Waals surface area contributed by atoms with E-state index < -0.39 is 5.91 Å². The number of nitrogens with one attached hydrogen (secondary N) is 3. The van der Waals surface area contributed by atoms with E-state index in [9.17, 15) is 4.79 Å². The van der Waals surface area contributed by atoms with E-state index in [1.807, 2.05) is 25.1 Å². The lowest BCUT2D eigenvalue weighted by molar-refractivity contribution is -0.110. The molecule has 5 N–H and O–H groups in total. The summed E-state index contributed by atoms with van der Waals surface area (Å²) in [6.07, 6.45) is 8.33. The minimum atomic E-state index is -0.642. The second-order valence-electron chi connectivity index (χ2n) is 8.75. The number of methoxy groups -OCH3 is 2. The van der Waals surface area contributed by atoms with Gasteiger partial charge >= 0.3 is 0 Å². The third-order valence-electron chi connectivity index (χ3n) is 5.91. The predicted octanol–water partition coefficient (Wildman–Crippen LogP) is 4.55. The molecule has 0 fully saturated rings. The van der Waals surface area contributed by atoms with Crippen LogP contribution in [-0.4, -0.2) is 48.6 Å². The molecule has 2 aromatic carbocycles. The standard InChI is InChI=1S/C29H31N7O5/c1-5-40-26(16-33-20-14-34-29(31)35-15-20)27(30)28(37)36-19-6-7-23(17(2)10-19)41-21-8-9-32-22-13-25(39-4)24(38-3)12-18(22)11-21/h6-10,12-16,30,33H,5,11H2,1-4H3,(H,36,37)(H2,31,34,35)/b26-16+,30-27?. The molecule has 1 aromatic heterocycles. The van der Waals surface area contributed by atoms with Gasteiger partial charge in [-0.1, -0.05) is 0 Å². The Morgan fingerprint density at radius 1 is 1.07 bits per heavy atom. The fraction of sp³-hybridized carbons (Fsp3) is 0.207. The van der Waals surface area contributed by atoms with Gasteiger partial charge < -0.3 is 35.3 Å². The number of ether oxygens (including phenoxy) is 4. The number of allylic oxidation sites excluding steroid dienone is 2. The average Bonchev–Trinajstić information content (AvgIpc) is 3.17. The number of aryl methyl sites for hydroxylation is 1. The Labute approximate surface area is 237 Å². The molecule has 12 heteroatoms. The van der Waals surface area contributed by atoms with Crippen molar-refractivity contribution in [3.05, 3.63) is 77.6 Å². The molecule has 0 saturated heterocycles. The van der Waals surface area contributed by atoms with Crippen molar-refractivity contribution in [3.8, 4) is 17.2 Å². The molecule has 1 aliphatic heterocycles. The van der Waals surface area contributed by atoms with Crippen LogP contribution in [0.2, 0.25) is 0 Å². The summed E-state index contributed by atoms with van der Waals surface area (Å²) >= 11 is 0. The highest BCUT2D eigenvalue weighted by Gasteiger charge is 2.18. The minimum absolute atomic E-state index is 0.0509. The summed E-state index contributed by atoms with van der Waals surface area (Å²) in [4.78, 5) is 25.1. The van der Waals surface area contributed by atoms with Gasteiger partial charge in [-0.3, -0.25) is 15.2 Å². The molecule has 0 radical (unpaired) electrons. The molecule has 0 unspecified atom stereocenters. The predicted molar refractivity (Wildman–Crippen MR) is 157 cm³/mol. The Morgan fingerprint density at radius 2 is 1.80 bits per heavy atom. The summed E-state index contributed by atoms with van der Waals surface area (Å²) in [6, 6.07) is 8.94. The van der Waals surface area contributed by atoms with Crippen molar-refractivity contribution >= 4 is 40.8 Å². The van der Waals surface area contributed by atoms with E-state index in [0.717, 1.165) is 16.8 Å². The highest BCUT2D eigenvalue weighted by atomic mass is 16.5. The van der Waals surface area contributed by atoms with Gasteiger partial charge in [0.1, 0.15) is 11.5 Å². The van der Waals surface area contributed by atoms with E-state index in [-0.39, 0.29) is 24.0 Å². The zero-order chi connectivity index (χ0) is 29.4. The van der Waals surface area contributed by atoms with E-state index in [2.05, 4.69) is 25.6 Å². The van der Waals surface area contributed by atoms with Crippen molar-refractivity contribution in [1.82, 2.24) is 9.97 Å². The first-order chi connectivity index (χ1) is 19.8. The summed E-state index contributed by atoms with van der Waals surface area (Å²) in [5.74, 6) is 2.06. The number of aliphatic imine (C=N–C) groups is 1. The first-order valence-corrected chi connectivity index (χ1v) is 12.6. The van der Waals surface area contributed by atoms with Crippen molar-refractivity contribution in [3.63, 3.8) is 0 Å². The zero-order valence-corrected chi connectivity index (χ0v) is 23.1.